The zero-order chi connectivity index (χ0) is 31.6. The molecule has 0 spiro atoms. The Morgan fingerprint density at radius 2 is 0.930 bits per heavy atom. The van der Waals surface area contributed by atoms with Crippen molar-refractivity contribution in [2.75, 3.05) is 26.7 Å². The summed E-state index contributed by atoms with van der Waals surface area (Å²) in [5, 5.41) is 9.22. The number of hydrogen-bond donors (Lipinski definition) is 1. The first-order valence-corrected chi connectivity index (χ1v) is 18.0. The van der Waals surface area contributed by atoms with E-state index < -0.39 is 6.29 Å². The molecule has 0 aliphatic carbocycles. The van der Waals surface area contributed by atoms with Gasteiger partial charge in [-0.2, -0.15) is 0 Å². The number of unbranched alkanes of at least 4 members (excludes halogenated alkanes) is 18. The first kappa shape index (κ1) is 41.3. The second kappa shape index (κ2) is 33.2. The smallest absolute Gasteiger partial charge is 0.308 e. The van der Waals surface area contributed by atoms with Crippen LogP contribution in [0.25, 0.3) is 0 Å². The van der Waals surface area contributed by atoms with E-state index in [1.165, 1.54) is 89.9 Å². The second-order valence-electron chi connectivity index (χ2n) is 12.1. The van der Waals surface area contributed by atoms with Crippen molar-refractivity contribution in [3.63, 3.8) is 0 Å². The summed E-state index contributed by atoms with van der Waals surface area (Å²) in [6.07, 6.45) is 34.8. The number of hydrogen-bond acceptors (Lipinski definition) is 6. The average Bonchev–Trinajstić information content (AvgIpc) is 2.98. The number of esters is 2. The van der Waals surface area contributed by atoms with E-state index in [0.717, 1.165) is 51.4 Å². The molecule has 0 radical (unpaired) electrons. The highest BCUT2D eigenvalue weighted by Crippen LogP contribution is 2.13. The maximum absolute atomic E-state index is 12.5. The van der Waals surface area contributed by atoms with Crippen LogP contribution in [0.1, 0.15) is 168 Å². The maximum Gasteiger partial charge on any atom is 0.308 e. The Bertz CT molecular complexity index is 628. The van der Waals surface area contributed by atoms with Crippen LogP contribution in [0.4, 0.5) is 0 Å². The van der Waals surface area contributed by atoms with Crippen molar-refractivity contribution >= 4 is 11.9 Å². The van der Waals surface area contributed by atoms with Crippen molar-refractivity contribution in [3.8, 4) is 0 Å². The molecule has 0 aliphatic rings. The molecule has 0 bridgehead atoms. The van der Waals surface area contributed by atoms with Crippen LogP contribution in [-0.2, 0) is 19.1 Å². The highest BCUT2D eigenvalue weighted by Gasteiger charge is 2.20. The summed E-state index contributed by atoms with van der Waals surface area (Å²) < 4.78 is 11.1. The van der Waals surface area contributed by atoms with E-state index in [1.807, 2.05) is 11.9 Å². The number of allylic oxidation sites excluding steroid dienone is 4. The van der Waals surface area contributed by atoms with Gasteiger partial charge in [-0.05, 0) is 71.3 Å². The van der Waals surface area contributed by atoms with Crippen molar-refractivity contribution in [2.24, 2.45) is 0 Å². The molecule has 43 heavy (non-hydrogen) atoms. The van der Waals surface area contributed by atoms with Crippen molar-refractivity contribution in [1.29, 1.82) is 0 Å². The number of nitrogens with zero attached hydrogens (tertiary/aromatic N) is 1. The van der Waals surface area contributed by atoms with Crippen LogP contribution in [0.5, 0.6) is 0 Å². The quantitative estimate of drug-likeness (QED) is 0.0355. The van der Waals surface area contributed by atoms with Gasteiger partial charge in [0.2, 0.25) is 0 Å². The highest BCUT2D eigenvalue weighted by molar-refractivity contribution is 5.71. The third-order valence-electron chi connectivity index (χ3n) is 7.75. The molecular weight excluding hydrogens is 538 g/mol. The van der Waals surface area contributed by atoms with E-state index in [1.54, 1.807) is 0 Å². The van der Waals surface area contributed by atoms with Gasteiger partial charge in [-0.3, -0.25) is 14.5 Å². The fraction of sp³-hybridized carbons (Fsp3) is 0.838. The van der Waals surface area contributed by atoms with Gasteiger partial charge in [0.15, 0.2) is 0 Å². The van der Waals surface area contributed by atoms with Crippen molar-refractivity contribution in [3.05, 3.63) is 24.3 Å². The summed E-state index contributed by atoms with van der Waals surface area (Å²) in [4.78, 5) is 26.7. The molecule has 0 aliphatic heterocycles. The molecule has 0 aromatic carbocycles. The summed E-state index contributed by atoms with van der Waals surface area (Å²) in [6, 6.07) is 0. The Labute approximate surface area is 266 Å². The van der Waals surface area contributed by atoms with Gasteiger partial charge < -0.3 is 14.6 Å². The molecule has 0 rings (SSSR count). The molecule has 6 heteroatoms. The Balaban J connectivity index is 4.04. The molecular formula is C37H69NO5. The Morgan fingerprint density at radius 1 is 0.581 bits per heavy atom. The minimum atomic E-state index is -0.931. The zero-order valence-electron chi connectivity index (χ0n) is 28.5. The standard InChI is InChI=1S/C37H69NO5/c1-4-6-8-10-12-14-16-18-20-22-24-26-28-30-35(40)42-37(34-38(3)32-33-39)43-36(41)31-29-27-25-23-21-19-17-15-13-11-9-7-5-2/h14-17,37,39H,4-13,18-34H2,1-3H3/b16-14-,17-15-. The molecule has 0 unspecified atom stereocenters. The molecule has 0 saturated carbocycles. The fourth-order valence-corrected chi connectivity index (χ4v) is 5.00. The van der Waals surface area contributed by atoms with Gasteiger partial charge in [-0.25, -0.2) is 0 Å². The van der Waals surface area contributed by atoms with Crippen molar-refractivity contribution < 1.29 is 24.2 Å². The SMILES string of the molecule is CCCCCC/C=C\CCCCCCCC(=O)OC(CN(C)CCO)OC(=O)CCCCCCC/C=C\CCCCCC. The Kier molecular flexibility index (Phi) is 32.0. The van der Waals surface area contributed by atoms with Gasteiger partial charge in [0.1, 0.15) is 0 Å². The zero-order valence-corrected chi connectivity index (χ0v) is 28.5. The lowest BCUT2D eigenvalue weighted by atomic mass is 10.1. The van der Waals surface area contributed by atoms with Gasteiger partial charge in [-0.1, -0.05) is 115 Å². The number of carbonyl (C=O) groups excluding carboxylic acids is 2. The maximum atomic E-state index is 12.5. The van der Waals surface area contributed by atoms with Crippen molar-refractivity contribution in [1.82, 2.24) is 4.90 Å². The second-order valence-corrected chi connectivity index (χ2v) is 12.1. The summed E-state index contributed by atoms with van der Waals surface area (Å²) in [7, 11) is 1.81. The first-order chi connectivity index (χ1) is 21.0. The molecule has 0 aromatic rings. The van der Waals surface area contributed by atoms with Crippen LogP contribution in [0.2, 0.25) is 0 Å². The lowest BCUT2D eigenvalue weighted by Crippen LogP contribution is -2.37. The van der Waals surface area contributed by atoms with E-state index in [9.17, 15) is 14.7 Å². The van der Waals surface area contributed by atoms with E-state index in [0.29, 0.717) is 19.4 Å². The molecule has 0 heterocycles. The number of aliphatic hydroxyl groups is 1. The minimum absolute atomic E-state index is 0.00534. The van der Waals surface area contributed by atoms with Crippen LogP contribution in [0, 0.1) is 0 Å². The van der Waals surface area contributed by atoms with Crippen molar-refractivity contribution in [2.45, 2.75) is 174 Å². The number of aliphatic hydroxyl groups excluding tert-OH is 1. The minimum Gasteiger partial charge on any atom is -0.424 e. The van der Waals surface area contributed by atoms with E-state index in [2.05, 4.69) is 38.2 Å². The number of likely N-dealkylation sites (N-methyl/N-ethyl adjacent to an activating group) is 1. The summed E-state index contributed by atoms with van der Waals surface area (Å²) in [5.74, 6) is -0.646. The summed E-state index contributed by atoms with van der Waals surface area (Å²) >= 11 is 0. The van der Waals surface area contributed by atoms with Gasteiger partial charge in [0.25, 0.3) is 6.29 Å². The third-order valence-corrected chi connectivity index (χ3v) is 7.75. The van der Waals surface area contributed by atoms with Gasteiger partial charge in [-0.15, -0.1) is 0 Å². The van der Waals surface area contributed by atoms with Gasteiger partial charge in [0, 0.05) is 19.4 Å². The molecule has 0 amide bonds. The fourth-order valence-electron chi connectivity index (χ4n) is 5.00. The lowest BCUT2D eigenvalue weighted by Gasteiger charge is -2.23. The molecule has 6 nitrogen and oxygen atoms in total. The molecule has 252 valence electrons. The average molecular weight is 608 g/mol. The van der Waals surface area contributed by atoms with E-state index in [-0.39, 0.29) is 25.1 Å². The van der Waals surface area contributed by atoms with Gasteiger partial charge >= 0.3 is 11.9 Å². The van der Waals surface area contributed by atoms with E-state index in [4.69, 9.17) is 9.47 Å². The monoisotopic (exact) mass is 608 g/mol. The summed E-state index contributed by atoms with van der Waals surface area (Å²) in [6.45, 7) is 5.17. The number of carbonyl (C=O) groups is 2. The highest BCUT2D eigenvalue weighted by atomic mass is 16.7. The third kappa shape index (κ3) is 31.6. The van der Waals surface area contributed by atoms with E-state index >= 15 is 0 Å². The predicted molar refractivity (Wildman–Crippen MR) is 181 cm³/mol. The lowest BCUT2D eigenvalue weighted by molar-refractivity contribution is -0.190. The molecule has 1 N–H and O–H groups in total. The first-order valence-electron chi connectivity index (χ1n) is 18.0. The number of rotatable bonds is 32. The Hall–Kier alpha value is -1.66. The predicted octanol–water partition coefficient (Wildman–Crippen LogP) is 9.84. The number of ether oxygens (including phenoxy) is 2. The molecule has 0 fully saturated rings. The van der Waals surface area contributed by atoms with Crippen LogP contribution in [0.15, 0.2) is 24.3 Å². The van der Waals surface area contributed by atoms with Crippen LogP contribution < -0.4 is 0 Å². The summed E-state index contributed by atoms with van der Waals surface area (Å²) in [5.41, 5.74) is 0. The molecule has 0 saturated heterocycles. The largest absolute Gasteiger partial charge is 0.424 e. The normalized spacial score (nSPS) is 11.9. The Morgan fingerprint density at radius 3 is 1.30 bits per heavy atom. The van der Waals surface area contributed by atoms with Gasteiger partial charge in [0.05, 0.1) is 13.2 Å². The molecule has 0 aromatic heterocycles. The van der Waals surface area contributed by atoms with Crippen LogP contribution in [0.3, 0.4) is 0 Å². The van der Waals surface area contributed by atoms with Crippen LogP contribution >= 0.6 is 0 Å². The molecule has 0 atom stereocenters. The van der Waals surface area contributed by atoms with Crippen LogP contribution in [-0.4, -0.2) is 55.0 Å². The topological polar surface area (TPSA) is 76.1 Å².